The Morgan fingerprint density at radius 1 is 1.00 bits per heavy atom. The second-order valence-corrected chi connectivity index (χ2v) is 9.86. The van der Waals surface area contributed by atoms with Gasteiger partial charge >= 0.3 is 0 Å². The number of rotatable bonds is 4. The molecule has 7 heteroatoms. The summed E-state index contributed by atoms with van der Waals surface area (Å²) in [6.07, 6.45) is 3.62. The molecule has 4 rings (SSSR count). The molecule has 2 aromatic rings. The molecule has 2 saturated heterocycles. The number of carbonyl (C=O) groups excluding carboxylic acids is 1. The second-order valence-electron chi connectivity index (χ2n) is 7.99. The Labute approximate surface area is 166 Å². The summed E-state index contributed by atoms with van der Waals surface area (Å²) in [5.74, 6) is -0.153. The first-order valence-corrected chi connectivity index (χ1v) is 11.3. The molecule has 150 valence electrons. The van der Waals surface area contributed by atoms with Gasteiger partial charge in [0.25, 0.3) is 15.9 Å². The van der Waals surface area contributed by atoms with Crippen molar-refractivity contribution >= 4 is 15.9 Å². The fourth-order valence-corrected chi connectivity index (χ4v) is 5.70. The first-order valence-electron chi connectivity index (χ1n) is 9.85. The van der Waals surface area contributed by atoms with Crippen molar-refractivity contribution in [2.24, 2.45) is 0 Å². The number of amides is 1. The van der Waals surface area contributed by atoms with Gasteiger partial charge in [-0.05, 0) is 43.4 Å². The van der Waals surface area contributed by atoms with Crippen LogP contribution in [0.25, 0.3) is 0 Å². The predicted molar refractivity (Wildman–Crippen MR) is 106 cm³/mol. The topological polar surface area (TPSA) is 70.8 Å². The van der Waals surface area contributed by atoms with Gasteiger partial charge in [0.1, 0.15) is 0 Å². The quantitative estimate of drug-likeness (QED) is 0.787. The number of carbonyl (C=O) groups is 1. The molecule has 1 aromatic carbocycles. The van der Waals surface area contributed by atoms with Gasteiger partial charge in [0.05, 0.1) is 0 Å². The molecular formula is C21H26N2O4S. The number of likely N-dealkylation sites (tertiary alicyclic amines) is 1. The lowest BCUT2D eigenvalue weighted by Gasteiger charge is -2.40. The van der Waals surface area contributed by atoms with Crippen LogP contribution in [0.4, 0.5) is 0 Å². The van der Waals surface area contributed by atoms with Crippen molar-refractivity contribution in [1.82, 2.24) is 9.21 Å². The molecule has 0 aliphatic carbocycles. The summed E-state index contributed by atoms with van der Waals surface area (Å²) in [4.78, 5) is 14.8. The van der Waals surface area contributed by atoms with Crippen LogP contribution in [0, 0.1) is 0 Å². The number of nitrogens with zero attached hydrogens (tertiary/aromatic N) is 2. The average Bonchev–Trinajstić information content (AvgIpc) is 3.41. The molecule has 1 amide bonds. The second kappa shape index (κ2) is 7.37. The molecule has 0 saturated carbocycles. The zero-order valence-corrected chi connectivity index (χ0v) is 17.0. The van der Waals surface area contributed by atoms with E-state index in [1.54, 1.807) is 4.90 Å². The summed E-state index contributed by atoms with van der Waals surface area (Å²) in [6.45, 7) is 4.43. The molecule has 1 unspecified atom stereocenters. The lowest BCUT2D eigenvalue weighted by molar-refractivity contribution is 0.0613. The highest BCUT2D eigenvalue weighted by Crippen LogP contribution is 2.34. The van der Waals surface area contributed by atoms with Crippen molar-refractivity contribution in [3.63, 3.8) is 0 Å². The molecule has 0 bridgehead atoms. The highest BCUT2D eigenvalue weighted by molar-refractivity contribution is 7.89. The minimum atomic E-state index is -3.65. The molecule has 6 nitrogen and oxygen atoms in total. The van der Waals surface area contributed by atoms with Gasteiger partial charge in [-0.15, -0.1) is 0 Å². The van der Waals surface area contributed by atoms with Crippen LogP contribution < -0.4 is 0 Å². The van der Waals surface area contributed by atoms with Gasteiger partial charge in [-0.2, -0.15) is 4.31 Å². The fourth-order valence-electron chi connectivity index (χ4n) is 4.27. The van der Waals surface area contributed by atoms with E-state index in [0.29, 0.717) is 26.2 Å². The molecule has 0 N–H and O–H groups in total. The molecule has 1 aromatic heterocycles. The van der Waals surface area contributed by atoms with E-state index in [2.05, 4.69) is 19.1 Å². The standard InChI is InChI=1S/C21H26N2O4S/c1-21(17-8-3-2-4-9-17)12-7-13-22(16-21)20(24)18-10-11-19(27-18)28(25,26)23-14-5-6-15-23/h2-4,8-11H,5-7,12-16H2,1H3. The van der Waals surface area contributed by atoms with Crippen LogP contribution in [0.5, 0.6) is 0 Å². The first kappa shape index (κ1) is 19.2. The highest BCUT2D eigenvalue weighted by Gasteiger charge is 2.36. The van der Waals surface area contributed by atoms with Gasteiger partial charge in [0, 0.05) is 31.6 Å². The van der Waals surface area contributed by atoms with E-state index in [9.17, 15) is 13.2 Å². The lowest BCUT2D eigenvalue weighted by Crippen LogP contribution is -2.47. The number of hydrogen-bond donors (Lipinski definition) is 0. The van der Waals surface area contributed by atoms with E-state index in [0.717, 1.165) is 25.7 Å². The molecule has 2 aliphatic heterocycles. The van der Waals surface area contributed by atoms with Crippen molar-refractivity contribution in [3.05, 3.63) is 53.8 Å². The summed E-state index contributed by atoms with van der Waals surface area (Å²) in [6, 6.07) is 13.1. The van der Waals surface area contributed by atoms with Gasteiger partial charge < -0.3 is 9.32 Å². The minimum Gasteiger partial charge on any atom is -0.438 e. The Kier molecular flexibility index (Phi) is 5.05. The molecular weight excluding hydrogens is 376 g/mol. The summed E-state index contributed by atoms with van der Waals surface area (Å²) >= 11 is 0. The average molecular weight is 403 g/mol. The third kappa shape index (κ3) is 3.49. The summed E-state index contributed by atoms with van der Waals surface area (Å²) in [5, 5.41) is -0.138. The van der Waals surface area contributed by atoms with Gasteiger partial charge in [0.15, 0.2) is 5.76 Å². The van der Waals surface area contributed by atoms with Gasteiger partial charge in [0.2, 0.25) is 5.09 Å². The van der Waals surface area contributed by atoms with Crippen LogP contribution in [-0.2, 0) is 15.4 Å². The monoisotopic (exact) mass is 402 g/mol. The Balaban J connectivity index is 1.53. The maximum absolute atomic E-state index is 13.0. The van der Waals surface area contributed by atoms with Crippen molar-refractivity contribution in [3.8, 4) is 0 Å². The van der Waals surface area contributed by atoms with E-state index >= 15 is 0 Å². The molecule has 0 spiro atoms. The summed E-state index contributed by atoms with van der Waals surface area (Å²) < 4.78 is 32.2. The molecule has 2 aliphatic rings. The third-order valence-electron chi connectivity index (χ3n) is 5.91. The molecule has 3 heterocycles. The van der Waals surface area contributed by atoms with Gasteiger partial charge in [-0.1, -0.05) is 37.3 Å². The summed E-state index contributed by atoms with van der Waals surface area (Å²) in [7, 11) is -3.65. The summed E-state index contributed by atoms with van der Waals surface area (Å²) in [5.41, 5.74) is 1.09. The minimum absolute atomic E-state index is 0.0927. The zero-order valence-electron chi connectivity index (χ0n) is 16.1. The largest absolute Gasteiger partial charge is 0.438 e. The Morgan fingerprint density at radius 2 is 1.71 bits per heavy atom. The van der Waals surface area contributed by atoms with Crippen LogP contribution >= 0.6 is 0 Å². The number of furan rings is 1. The maximum atomic E-state index is 13.0. The number of benzene rings is 1. The van der Waals surface area contributed by atoms with Gasteiger partial charge in [-0.25, -0.2) is 8.42 Å². The normalized spacial score (nSPS) is 23.8. The third-order valence-corrected chi connectivity index (χ3v) is 7.68. The van der Waals surface area contributed by atoms with E-state index in [-0.39, 0.29) is 22.2 Å². The Bertz CT molecular complexity index is 948. The number of piperidine rings is 1. The van der Waals surface area contributed by atoms with E-state index in [1.165, 1.54) is 22.0 Å². The molecule has 1 atom stereocenters. The van der Waals surface area contributed by atoms with Crippen molar-refractivity contribution in [2.75, 3.05) is 26.2 Å². The molecule has 28 heavy (non-hydrogen) atoms. The number of hydrogen-bond acceptors (Lipinski definition) is 4. The van der Waals surface area contributed by atoms with Crippen LogP contribution in [0.15, 0.2) is 52.0 Å². The van der Waals surface area contributed by atoms with Crippen molar-refractivity contribution in [1.29, 1.82) is 0 Å². The molecule has 2 fully saturated rings. The van der Waals surface area contributed by atoms with Crippen LogP contribution in [0.1, 0.15) is 48.7 Å². The fraction of sp³-hybridized carbons (Fsp3) is 0.476. The van der Waals surface area contributed by atoms with Crippen molar-refractivity contribution < 1.29 is 17.6 Å². The zero-order chi connectivity index (χ0) is 19.8. The number of sulfonamides is 1. The first-order chi connectivity index (χ1) is 13.4. The van der Waals surface area contributed by atoms with Crippen LogP contribution in [-0.4, -0.2) is 49.7 Å². The maximum Gasteiger partial charge on any atom is 0.289 e. The predicted octanol–water partition coefficient (Wildman–Crippen LogP) is 3.26. The Hall–Kier alpha value is -2.12. The SMILES string of the molecule is CC1(c2ccccc2)CCCN(C(=O)c2ccc(S(=O)(=O)N3CCCC3)o2)C1. The van der Waals surface area contributed by atoms with Gasteiger partial charge in [-0.3, -0.25) is 4.79 Å². The van der Waals surface area contributed by atoms with Crippen LogP contribution in [0.3, 0.4) is 0 Å². The van der Waals surface area contributed by atoms with Crippen LogP contribution in [0.2, 0.25) is 0 Å². The van der Waals surface area contributed by atoms with E-state index < -0.39 is 10.0 Å². The lowest BCUT2D eigenvalue weighted by atomic mass is 9.76. The van der Waals surface area contributed by atoms with E-state index in [1.807, 2.05) is 18.2 Å². The smallest absolute Gasteiger partial charge is 0.289 e. The molecule has 0 radical (unpaired) electrons. The van der Waals surface area contributed by atoms with E-state index in [4.69, 9.17) is 4.42 Å². The Morgan fingerprint density at radius 3 is 2.43 bits per heavy atom. The van der Waals surface area contributed by atoms with Crippen molar-refractivity contribution in [2.45, 2.75) is 43.1 Å². The highest BCUT2D eigenvalue weighted by atomic mass is 32.2.